The van der Waals surface area contributed by atoms with Crippen LogP contribution in [0, 0.1) is 0 Å². The topological polar surface area (TPSA) is 18.5 Å². The molecular formula is C15H14O2. The van der Waals surface area contributed by atoms with Crippen molar-refractivity contribution in [1.82, 2.24) is 0 Å². The minimum atomic E-state index is 0.784. The molecule has 0 aromatic heterocycles. The van der Waals surface area contributed by atoms with Gasteiger partial charge >= 0.3 is 0 Å². The van der Waals surface area contributed by atoms with Crippen molar-refractivity contribution in [2.75, 3.05) is 7.11 Å². The van der Waals surface area contributed by atoms with Crippen molar-refractivity contribution in [3.05, 3.63) is 61.4 Å². The van der Waals surface area contributed by atoms with Gasteiger partial charge in [-0.25, -0.2) is 0 Å². The molecule has 2 rings (SSSR count). The molecule has 0 unspecified atom stereocenters. The molecule has 0 N–H and O–H groups in total. The number of rotatable bonds is 4. The molecule has 0 aliphatic heterocycles. The Bertz CT molecular complexity index is 501. The first-order chi connectivity index (χ1) is 8.33. The first kappa shape index (κ1) is 11.3. The average Bonchev–Trinajstić information content (AvgIpc) is 2.40. The maximum Gasteiger partial charge on any atom is 0.126 e. The van der Waals surface area contributed by atoms with Gasteiger partial charge in [0.15, 0.2) is 0 Å². The van der Waals surface area contributed by atoms with Crippen LogP contribution >= 0.6 is 0 Å². The maximum absolute atomic E-state index is 5.20. The summed E-state index contributed by atoms with van der Waals surface area (Å²) in [6, 6.07) is 15.8. The fourth-order valence-corrected chi connectivity index (χ4v) is 1.62. The van der Waals surface area contributed by atoms with Crippen molar-refractivity contribution in [3.63, 3.8) is 0 Å². The Hall–Kier alpha value is -2.22. The van der Waals surface area contributed by atoms with E-state index in [4.69, 9.17) is 9.47 Å². The molecule has 17 heavy (non-hydrogen) atoms. The van der Waals surface area contributed by atoms with Crippen LogP contribution in [-0.2, 0) is 0 Å². The molecule has 0 aliphatic carbocycles. The number of ether oxygens (including phenoxy) is 2. The third-order valence-corrected chi connectivity index (χ3v) is 2.48. The largest absolute Gasteiger partial charge is 0.497 e. The molecule has 0 saturated heterocycles. The highest BCUT2D eigenvalue weighted by Gasteiger charge is 1.99. The maximum atomic E-state index is 5.20. The Morgan fingerprint density at radius 3 is 2.35 bits per heavy atom. The van der Waals surface area contributed by atoms with Gasteiger partial charge in [-0.15, -0.1) is 0 Å². The molecule has 2 aromatic carbocycles. The summed E-state index contributed by atoms with van der Waals surface area (Å²) in [4.78, 5) is 0. The summed E-state index contributed by atoms with van der Waals surface area (Å²) in [5, 5.41) is 0. The predicted octanol–water partition coefficient (Wildman–Crippen LogP) is 3.88. The van der Waals surface area contributed by atoms with Gasteiger partial charge in [-0.3, -0.25) is 0 Å². The summed E-state index contributed by atoms with van der Waals surface area (Å²) in [5.74, 6) is 1.64. The Balaban J connectivity index is 2.29. The van der Waals surface area contributed by atoms with Crippen LogP contribution in [0.25, 0.3) is 11.1 Å². The van der Waals surface area contributed by atoms with Gasteiger partial charge in [-0.2, -0.15) is 0 Å². The lowest BCUT2D eigenvalue weighted by molar-refractivity contribution is 0.415. The van der Waals surface area contributed by atoms with Crippen LogP contribution in [0.3, 0.4) is 0 Å². The lowest BCUT2D eigenvalue weighted by Crippen LogP contribution is -1.84. The molecule has 0 bridgehead atoms. The summed E-state index contributed by atoms with van der Waals surface area (Å²) >= 11 is 0. The van der Waals surface area contributed by atoms with Gasteiger partial charge in [0.2, 0.25) is 0 Å². The lowest BCUT2D eigenvalue weighted by Gasteiger charge is -2.05. The SMILES string of the molecule is C=COc1ccc(-c2cccc(OC)c2)cc1. The summed E-state index contributed by atoms with van der Waals surface area (Å²) in [5.41, 5.74) is 2.25. The standard InChI is InChI=1S/C15H14O2/c1-3-17-14-9-7-12(8-10-14)13-5-4-6-15(11-13)16-2/h3-11H,1H2,2H3. The fourth-order valence-electron chi connectivity index (χ4n) is 1.62. The zero-order valence-electron chi connectivity index (χ0n) is 9.72. The van der Waals surface area contributed by atoms with Crippen molar-refractivity contribution in [1.29, 1.82) is 0 Å². The highest BCUT2D eigenvalue weighted by molar-refractivity contribution is 5.65. The van der Waals surface area contributed by atoms with Crippen molar-refractivity contribution in [2.24, 2.45) is 0 Å². The molecule has 0 saturated carbocycles. The van der Waals surface area contributed by atoms with Crippen molar-refractivity contribution < 1.29 is 9.47 Å². The van der Waals surface area contributed by atoms with Gasteiger partial charge in [0.25, 0.3) is 0 Å². The molecule has 2 nitrogen and oxygen atoms in total. The first-order valence-electron chi connectivity index (χ1n) is 5.35. The van der Waals surface area contributed by atoms with Gasteiger partial charge in [-0.1, -0.05) is 30.8 Å². The molecule has 0 radical (unpaired) electrons. The molecule has 0 heterocycles. The van der Waals surface area contributed by atoms with Gasteiger partial charge in [0, 0.05) is 0 Å². The Morgan fingerprint density at radius 2 is 1.71 bits per heavy atom. The molecule has 0 fully saturated rings. The number of benzene rings is 2. The highest BCUT2D eigenvalue weighted by atomic mass is 16.5. The second-order valence-corrected chi connectivity index (χ2v) is 3.54. The minimum Gasteiger partial charge on any atom is -0.497 e. The summed E-state index contributed by atoms with van der Waals surface area (Å²) in [6.07, 6.45) is 1.42. The quantitative estimate of drug-likeness (QED) is 0.736. The van der Waals surface area contributed by atoms with Crippen molar-refractivity contribution in [2.45, 2.75) is 0 Å². The molecule has 0 atom stereocenters. The predicted molar refractivity (Wildman–Crippen MR) is 69.3 cm³/mol. The normalized spacial score (nSPS) is 9.71. The third-order valence-electron chi connectivity index (χ3n) is 2.48. The Labute approximate surface area is 101 Å². The van der Waals surface area contributed by atoms with E-state index in [-0.39, 0.29) is 0 Å². The van der Waals surface area contributed by atoms with Crippen LogP contribution in [0.15, 0.2) is 61.4 Å². The molecular weight excluding hydrogens is 212 g/mol. The smallest absolute Gasteiger partial charge is 0.126 e. The first-order valence-corrected chi connectivity index (χ1v) is 5.35. The number of hydrogen-bond donors (Lipinski definition) is 0. The van der Waals surface area contributed by atoms with E-state index < -0.39 is 0 Å². The zero-order chi connectivity index (χ0) is 12.1. The monoisotopic (exact) mass is 226 g/mol. The molecule has 0 spiro atoms. The van der Waals surface area contributed by atoms with Gasteiger partial charge in [0.05, 0.1) is 13.4 Å². The molecule has 2 heteroatoms. The van der Waals surface area contributed by atoms with Crippen molar-refractivity contribution in [3.8, 4) is 22.6 Å². The fraction of sp³-hybridized carbons (Fsp3) is 0.0667. The minimum absolute atomic E-state index is 0.784. The van der Waals surface area contributed by atoms with Crippen LogP contribution in [0.4, 0.5) is 0 Å². The van der Waals surface area contributed by atoms with Gasteiger partial charge in [0.1, 0.15) is 11.5 Å². The van der Waals surface area contributed by atoms with E-state index >= 15 is 0 Å². The highest BCUT2D eigenvalue weighted by Crippen LogP contribution is 2.25. The Morgan fingerprint density at radius 1 is 0.941 bits per heavy atom. The molecule has 0 amide bonds. The molecule has 2 aromatic rings. The van der Waals surface area contributed by atoms with E-state index in [2.05, 4.69) is 6.58 Å². The summed E-state index contributed by atoms with van der Waals surface area (Å²) in [6.45, 7) is 3.52. The van der Waals surface area contributed by atoms with E-state index in [0.29, 0.717) is 0 Å². The second-order valence-electron chi connectivity index (χ2n) is 3.54. The van der Waals surface area contributed by atoms with Crippen LogP contribution in [0.2, 0.25) is 0 Å². The van der Waals surface area contributed by atoms with Gasteiger partial charge in [-0.05, 0) is 35.4 Å². The summed E-state index contributed by atoms with van der Waals surface area (Å²) in [7, 11) is 1.67. The third kappa shape index (κ3) is 2.67. The van der Waals surface area contributed by atoms with Crippen LogP contribution in [-0.4, -0.2) is 7.11 Å². The van der Waals surface area contributed by atoms with E-state index in [1.165, 1.54) is 6.26 Å². The molecule has 86 valence electrons. The summed E-state index contributed by atoms with van der Waals surface area (Å²) < 4.78 is 10.4. The van der Waals surface area contributed by atoms with E-state index in [1.54, 1.807) is 7.11 Å². The second kappa shape index (κ2) is 5.21. The average molecular weight is 226 g/mol. The van der Waals surface area contributed by atoms with Gasteiger partial charge < -0.3 is 9.47 Å². The zero-order valence-corrected chi connectivity index (χ0v) is 9.72. The molecule has 0 aliphatic rings. The van der Waals surface area contributed by atoms with Crippen LogP contribution in [0.5, 0.6) is 11.5 Å². The van der Waals surface area contributed by atoms with Crippen LogP contribution in [0.1, 0.15) is 0 Å². The number of methoxy groups -OCH3 is 1. The van der Waals surface area contributed by atoms with Crippen molar-refractivity contribution >= 4 is 0 Å². The lowest BCUT2D eigenvalue weighted by atomic mass is 10.1. The van der Waals surface area contributed by atoms with Crippen LogP contribution < -0.4 is 9.47 Å². The Kier molecular flexibility index (Phi) is 3.46. The number of hydrogen-bond acceptors (Lipinski definition) is 2. The van der Waals surface area contributed by atoms with E-state index in [0.717, 1.165) is 22.6 Å². The van der Waals surface area contributed by atoms with E-state index in [9.17, 15) is 0 Å². The van der Waals surface area contributed by atoms with E-state index in [1.807, 2.05) is 48.5 Å².